The number of fused-ring (bicyclic) bond motifs is 1. The van der Waals surface area contributed by atoms with Crippen molar-refractivity contribution in [1.82, 2.24) is 10.6 Å². The molecule has 4 nitrogen and oxygen atoms in total. The highest BCUT2D eigenvalue weighted by molar-refractivity contribution is 6.05. The van der Waals surface area contributed by atoms with Crippen molar-refractivity contribution in [1.29, 1.82) is 0 Å². The third-order valence-corrected chi connectivity index (χ3v) is 3.94. The first-order valence-corrected chi connectivity index (χ1v) is 8.06. The minimum Gasteiger partial charge on any atom is -0.464 e. The van der Waals surface area contributed by atoms with Crippen LogP contribution in [0.4, 0.5) is 13.2 Å². The highest BCUT2D eigenvalue weighted by Crippen LogP contribution is 2.29. The number of amides is 1. The molecule has 136 valence electrons. The molecule has 0 aliphatic heterocycles. The molecule has 0 unspecified atom stereocenters. The van der Waals surface area contributed by atoms with Crippen molar-refractivity contribution in [2.45, 2.75) is 12.7 Å². The Morgan fingerprint density at radius 3 is 2.50 bits per heavy atom. The lowest BCUT2D eigenvalue weighted by molar-refractivity contribution is -0.137. The number of benzene rings is 2. The molecule has 0 spiro atoms. The lowest BCUT2D eigenvalue weighted by Gasteiger charge is -2.09. The topological polar surface area (TPSA) is 54.3 Å². The van der Waals surface area contributed by atoms with Crippen molar-refractivity contribution in [3.63, 3.8) is 0 Å². The van der Waals surface area contributed by atoms with Crippen LogP contribution in [0, 0.1) is 0 Å². The molecule has 0 bridgehead atoms. The molecule has 0 radical (unpaired) electrons. The van der Waals surface area contributed by atoms with Gasteiger partial charge in [-0.2, -0.15) is 13.2 Å². The van der Waals surface area contributed by atoms with E-state index in [9.17, 15) is 18.0 Å². The highest BCUT2D eigenvalue weighted by Gasteiger charge is 2.29. The van der Waals surface area contributed by atoms with Crippen LogP contribution in [-0.4, -0.2) is 19.0 Å². The molecular weight excluding hydrogens is 345 g/mol. The Labute approximate surface area is 148 Å². The fraction of sp³-hybridized carbons (Fsp3) is 0.211. The molecule has 0 atom stereocenters. The van der Waals surface area contributed by atoms with E-state index in [4.69, 9.17) is 4.42 Å². The van der Waals surface area contributed by atoms with Crippen LogP contribution in [0.2, 0.25) is 0 Å². The lowest BCUT2D eigenvalue weighted by atomic mass is 10.1. The smallest absolute Gasteiger partial charge is 0.416 e. The Kier molecular flexibility index (Phi) is 5.27. The van der Waals surface area contributed by atoms with Gasteiger partial charge in [-0.1, -0.05) is 18.2 Å². The summed E-state index contributed by atoms with van der Waals surface area (Å²) in [6.45, 7) is 1.31. The average molecular weight is 362 g/mol. The van der Waals surface area contributed by atoms with Crippen LogP contribution in [0.1, 0.15) is 21.5 Å². The average Bonchev–Trinajstić information content (AvgIpc) is 3.09. The number of carbonyl (C=O) groups excluding carboxylic acids is 1. The summed E-state index contributed by atoms with van der Waals surface area (Å²) in [5.41, 5.74) is 1.27. The molecular formula is C19H17F3N2O2. The van der Waals surface area contributed by atoms with Crippen molar-refractivity contribution < 1.29 is 22.4 Å². The summed E-state index contributed by atoms with van der Waals surface area (Å²) in [6, 6.07) is 12.0. The largest absolute Gasteiger partial charge is 0.464 e. The summed E-state index contributed by atoms with van der Waals surface area (Å²) in [5, 5.41) is 6.64. The molecule has 26 heavy (non-hydrogen) atoms. The van der Waals surface area contributed by atoms with Crippen LogP contribution in [-0.2, 0) is 12.7 Å². The van der Waals surface area contributed by atoms with Gasteiger partial charge in [0.05, 0.1) is 17.4 Å². The van der Waals surface area contributed by atoms with E-state index in [1.54, 1.807) is 24.3 Å². The molecule has 0 fully saturated rings. The number of carbonyl (C=O) groups is 1. The van der Waals surface area contributed by atoms with Gasteiger partial charge in [0.15, 0.2) is 0 Å². The second-order valence-electron chi connectivity index (χ2n) is 5.77. The summed E-state index contributed by atoms with van der Waals surface area (Å²) < 4.78 is 42.8. The molecule has 3 aromatic rings. The molecule has 0 saturated carbocycles. The molecule has 0 saturated heterocycles. The molecule has 3 rings (SSSR count). The molecule has 1 amide bonds. The Hall–Kier alpha value is -2.80. The maximum absolute atomic E-state index is 12.5. The first-order chi connectivity index (χ1) is 12.4. The molecule has 1 aromatic heterocycles. The number of hydrogen-bond acceptors (Lipinski definition) is 3. The molecule has 2 aromatic carbocycles. The van der Waals surface area contributed by atoms with Gasteiger partial charge in [0, 0.05) is 25.0 Å². The SMILES string of the molecule is O=C(NCCNCc1ccc(C(F)(F)F)cc1)c1cccc2occc12. The van der Waals surface area contributed by atoms with E-state index in [0.29, 0.717) is 30.8 Å². The summed E-state index contributed by atoms with van der Waals surface area (Å²) in [7, 11) is 0. The van der Waals surface area contributed by atoms with Crippen molar-refractivity contribution in [2.75, 3.05) is 13.1 Å². The van der Waals surface area contributed by atoms with Gasteiger partial charge in [0.2, 0.25) is 0 Å². The Morgan fingerprint density at radius 1 is 1.00 bits per heavy atom. The van der Waals surface area contributed by atoms with Crippen LogP contribution in [0.15, 0.2) is 59.2 Å². The fourth-order valence-corrected chi connectivity index (χ4v) is 2.60. The zero-order chi connectivity index (χ0) is 18.6. The zero-order valence-electron chi connectivity index (χ0n) is 13.8. The third kappa shape index (κ3) is 4.23. The Morgan fingerprint density at radius 2 is 1.77 bits per heavy atom. The van der Waals surface area contributed by atoms with Gasteiger partial charge >= 0.3 is 6.18 Å². The second-order valence-corrected chi connectivity index (χ2v) is 5.77. The van der Waals surface area contributed by atoms with E-state index in [1.165, 1.54) is 18.4 Å². The van der Waals surface area contributed by atoms with E-state index in [1.807, 2.05) is 0 Å². The van der Waals surface area contributed by atoms with Gasteiger partial charge in [0.1, 0.15) is 5.58 Å². The standard InChI is InChI=1S/C19H17F3N2O2/c20-19(21,22)14-6-4-13(5-7-14)12-23-9-10-24-18(25)16-2-1-3-17-15(16)8-11-26-17/h1-8,11,23H,9-10,12H2,(H,24,25). The normalized spacial score (nSPS) is 11.7. The van der Waals surface area contributed by atoms with E-state index in [-0.39, 0.29) is 5.91 Å². The first-order valence-electron chi connectivity index (χ1n) is 8.06. The van der Waals surface area contributed by atoms with Gasteiger partial charge < -0.3 is 15.1 Å². The predicted octanol–water partition coefficient (Wildman–Crippen LogP) is 3.97. The van der Waals surface area contributed by atoms with Crippen molar-refractivity contribution in [3.8, 4) is 0 Å². The van der Waals surface area contributed by atoms with E-state index >= 15 is 0 Å². The van der Waals surface area contributed by atoms with Crippen molar-refractivity contribution >= 4 is 16.9 Å². The number of alkyl halides is 3. The van der Waals surface area contributed by atoms with Gasteiger partial charge in [-0.25, -0.2) is 0 Å². The Bertz CT molecular complexity index is 886. The maximum atomic E-state index is 12.5. The van der Waals surface area contributed by atoms with Crippen molar-refractivity contribution in [3.05, 3.63) is 71.5 Å². The highest BCUT2D eigenvalue weighted by atomic mass is 19.4. The maximum Gasteiger partial charge on any atom is 0.416 e. The van der Waals surface area contributed by atoms with Gasteiger partial charge in [-0.05, 0) is 35.9 Å². The molecule has 1 heterocycles. The van der Waals surface area contributed by atoms with Crippen LogP contribution in [0.5, 0.6) is 0 Å². The van der Waals surface area contributed by atoms with Gasteiger partial charge in [0.25, 0.3) is 5.91 Å². The summed E-state index contributed by atoms with van der Waals surface area (Å²) in [5.74, 6) is -0.201. The molecule has 2 N–H and O–H groups in total. The fourth-order valence-electron chi connectivity index (χ4n) is 2.60. The van der Waals surface area contributed by atoms with Gasteiger partial charge in [-0.3, -0.25) is 4.79 Å². The van der Waals surface area contributed by atoms with Crippen LogP contribution in [0.25, 0.3) is 11.0 Å². The molecule has 0 aliphatic carbocycles. The number of rotatable bonds is 6. The van der Waals surface area contributed by atoms with Crippen molar-refractivity contribution in [2.24, 2.45) is 0 Å². The molecule has 7 heteroatoms. The van der Waals surface area contributed by atoms with E-state index in [0.717, 1.165) is 23.1 Å². The first kappa shape index (κ1) is 18.0. The zero-order valence-corrected chi connectivity index (χ0v) is 13.8. The quantitative estimate of drug-likeness (QED) is 0.653. The number of hydrogen-bond donors (Lipinski definition) is 2. The number of furan rings is 1. The Balaban J connectivity index is 1.44. The number of halogens is 3. The summed E-state index contributed by atoms with van der Waals surface area (Å²) >= 11 is 0. The summed E-state index contributed by atoms with van der Waals surface area (Å²) in [4.78, 5) is 12.2. The minimum atomic E-state index is -4.33. The minimum absolute atomic E-state index is 0.201. The van der Waals surface area contributed by atoms with E-state index < -0.39 is 11.7 Å². The third-order valence-electron chi connectivity index (χ3n) is 3.94. The molecule has 0 aliphatic rings. The second kappa shape index (κ2) is 7.61. The van der Waals surface area contributed by atoms with Crippen LogP contribution in [0.3, 0.4) is 0 Å². The van der Waals surface area contributed by atoms with Crippen LogP contribution >= 0.6 is 0 Å². The van der Waals surface area contributed by atoms with Gasteiger partial charge in [-0.15, -0.1) is 0 Å². The monoisotopic (exact) mass is 362 g/mol. The lowest BCUT2D eigenvalue weighted by Crippen LogP contribution is -2.31. The van der Waals surface area contributed by atoms with E-state index in [2.05, 4.69) is 10.6 Å². The summed E-state index contributed by atoms with van der Waals surface area (Å²) in [6.07, 6.45) is -2.79. The predicted molar refractivity (Wildman–Crippen MR) is 91.7 cm³/mol. The number of nitrogens with one attached hydrogen (secondary N) is 2. The van der Waals surface area contributed by atoms with Crippen LogP contribution < -0.4 is 10.6 Å².